The van der Waals surface area contributed by atoms with Gasteiger partial charge in [0.2, 0.25) is 5.82 Å². The molecular formula is C15H15ClN4O2. The highest BCUT2D eigenvalue weighted by atomic mass is 35.5. The molecule has 6 nitrogen and oxygen atoms in total. The second-order valence-corrected chi connectivity index (χ2v) is 5.19. The van der Waals surface area contributed by atoms with Crippen LogP contribution >= 0.6 is 11.6 Å². The number of nitrogens with zero attached hydrogens (tertiary/aromatic N) is 3. The molecule has 0 saturated carbocycles. The summed E-state index contributed by atoms with van der Waals surface area (Å²) in [6.45, 7) is 3.62. The van der Waals surface area contributed by atoms with E-state index in [0.717, 1.165) is 5.01 Å². The molecule has 0 radical (unpaired) electrons. The van der Waals surface area contributed by atoms with Gasteiger partial charge in [-0.1, -0.05) is 23.7 Å². The molecule has 22 heavy (non-hydrogen) atoms. The van der Waals surface area contributed by atoms with Gasteiger partial charge in [0.1, 0.15) is 0 Å². The van der Waals surface area contributed by atoms with Crippen molar-refractivity contribution in [3.05, 3.63) is 59.1 Å². The molecule has 0 aliphatic rings. The summed E-state index contributed by atoms with van der Waals surface area (Å²) in [6, 6.07) is 7.98. The number of halogens is 1. The number of rotatable bonds is 4. The highest BCUT2D eigenvalue weighted by Gasteiger charge is 2.27. The summed E-state index contributed by atoms with van der Waals surface area (Å²) in [6.07, 6.45) is 2.88. The summed E-state index contributed by atoms with van der Waals surface area (Å²) >= 11 is 6.03. The predicted octanol–water partition coefficient (Wildman–Crippen LogP) is 2.33. The summed E-state index contributed by atoms with van der Waals surface area (Å²) in [5.41, 5.74) is 3.02. The van der Waals surface area contributed by atoms with E-state index in [4.69, 9.17) is 11.6 Å². The fourth-order valence-corrected chi connectivity index (χ4v) is 1.95. The molecule has 2 amide bonds. The largest absolute Gasteiger partial charge is 0.313 e. The van der Waals surface area contributed by atoms with E-state index in [1.807, 2.05) is 13.8 Å². The van der Waals surface area contributed by atoms with E-state index in [2.05, 4.69) is 15.4 Å². The summed E-state index contributed by atoms with van der Waals surface area (Å²) in [7, 11) is 0. The number of benzene rings is 1. The molecular weight excluding hydrogens is 304 g/mol. The molecule has 0 spiro atoms. The van der Waals surface area contributed by atoms with Gasteiger partial charge < -0.3 is 0 Å². The van der Waals surface area contributed by atoms with Crippen molar-refractivity contribution in [2.24, 2.45) is 0 Å². The Labute approximate surface area is 133 Å². The van der Waals surface area contributed by atoms with E-state index < -0.39 is 11.8 Å². The van der Waals surface area contributed by atoms with E-state index in [0.29, 0.717) is 0 Å². The molecule has 0 saturated heterocycles. The van der Waals surface area contributed by atoms with Crippen molar-refractivity contribution >= 4 is 23.4 Å². The van der Waals surface area contributed by atoms with Crippen molar-refractivity contribution in [3.8, 4) is 0 Å². The van der Waals surface area contributed by atoms with Crippen LogP contribution in [0.3, 0.4) is 0 Å². The van der Waals surface area contributed by atoms with Gasteiger partial charge in [-0.05, 0) is 32.0 Å². The molecule has 0 atom stereocenters. The molecule has 2 rings (SSSR count). The number of carbonyl (C=O) groups excluding carboxylic acids is 2. The van der Waals surface area contributed by atoms with Crippen LogP contribution in [0.4, 0.5) is 0 Å². The fraction of sp³-hybridized carbons (Fsp3) is 0.200. The molecule has 0 aliphatic carbocycles. The van der Waals surface area contributed by atoms with Crippen LogP contribution in [0.1, 0.15) is 34.8 Å². The maximum atomic E-state index is 12.6. The third-order valence-corrected chi connectivity index (χ3v) is 2.98. The van der Waals surface area contributed by atoms with Crippen LogP contribution in [0.2, 0.25) is 5.02 Å². The van der Waals surface area contributed by atoms with E-state index in [9.17, 15) is 9.59 Å². The lowest BCUT2D eigenvalue weighted by atomic mass is 10.2. The van der Waals surface area contributed by atoms with Crippen LogP contribution in [0.15, 0.2) is 42.7 Å². The first kappa shape index (κ1) is 16.1. The van der Waals surface area contributed by atoms with Crippen LogP contribution in [0, 0.1) is 0 Å². The van der Waals surface area contributed by atoms with Gasteiger partial charge >= 0.3 is 5.91 Å². The lowest BCUT2D eigenvalue weighted by molar-refractivity contribution is 0.0496. The van der Waals surface area contributed by atoms with Gasteiger partial charge in [0.25, 0.3) is 5.91 Å². The van der Waals surface area contributed by atoms with Crippen LogP contribution < -0.4 is 5.43 Å². The van der Waals surface area contributed by atoms with Gasteiger partial charge in [-0.15, -0.1) is 0 Å². The quantitative estimate of drug-likeness (QED) is 0.691. The maximum Gasteiger partial charge on any atom is 0.313 e. The van der Waals surface area contributed by atoms with E-state index in [1.54, 1.807) is 30.3 Å². The maximum absolute atomic E-state index is 12.6. The van der Waals surface area contributed by atoms with Crippen LogP contribution in [-0.4, -0.2) is 32.8 Å². The monoisotopic (exact) mass is 318 g/mol. The molecule has 0 aliphatic heterocycles. The molecule has 2 aromatic rings. The smallest absolute Gasteiger partial charge is 0.267 e. The first-order chi connectivity index (χ1) is 10.5. The number of imide groups is 1. The van der Waals surface area contributed by atoms with Crippen molar-refractivity contribution in [2.45, 2.75) is 19.9 Å². The molecule has 7 heteroatoms. The number of carbonyl (C=O) groups is 2. The Kier molecular flexibility index (Phi) is 5.19. The minimum atomic E-state index is -0.640. The predicted molar refractivity (Wildman–Crippen MR) is 82.3 cm³/mol. The molecule has 1 aromatic carbocycles. The SMILES string of the molecule is CC(C)NN(C(=O)c1ncccn1)C(=O)c1ccccc1Cl. The molecule has 114 valence electrons. The highest BCUT2D eigenvalue weighted by molar-refractivity contribution is 6.34. The van der Waals surface area contributed by atoms with E-state index >= 15 is 0 Å². The number of hydrogen-bond donors (Lipinski definition) is 1. The van der Waals surface area contributed by atoms with Crippen molar-refractivity contribution < 1.29 is 9.59 Å². The Balaban J connectivity index is 2.36. The topological polar surface area (TPSA) is 75.2 Å². The molecule has 1 aromatic heterocycles. The second-order valence-electron chi connectivity index (χ2n) is 4.78. The van der Waals surface area contributed by atoms with Gasteiger partial charge in [-0.25, -0.2) is 20.4 Å². The number of aromatic nitrogens is 2. The minimum absolute atomic E-state index is 0.0731. The summed E-state index contributed by atoms with van der Waals surface area (Å²) in [5, 5.41) is 1.16. The average Bonchev–Trinajstić information content (AvgIpc) is 2.52. The third kappa shape index (κ3) is 3.66. The number of hydrazine groups is 1. The molecule has 1 heterocycles. The first-order valence-corrected chi connectivity index (χ1v) is 7.05. The van der Waals surface area contributed by atoms with Gasteiger partial charge in [0.15, 0.2) is 0 Å². The van der Waals surface area contributed by atoms with Gasteiger partial charge in [-0.2, -0.15) is 0 Å². The Bertz CT molecular complexity index is 676. The summed E-state index contributed by atoms with van der Waals surface area (Å²) in [4.78, 5) is 32.9. The van der Waals surface area contributed by atoms with Crippen molar-refractivity contribution in [2.75, 3.05) is 0 Å². The average molecular weight is 319 g/mol. The normalized spacial score (nSPS) is 10.5. The highest BCUT2D eigenvalue weighted by Crippen LogP contribution is 2.17. The van der Waals surface area contributed by atoms with Crippen LogP contribution in [0.5, 0.6) is 0 Å². The summed E-state index contributed by atoms with van der Waals surface area (Å²) in [5.74, 6) is -1.27. The van der Waals surface area contributed by atoms with Crippen molar-refractivity contribution in [3.63, 3.8) is 0 Å². The van der Waals surface area contributed by atoms with Crippen LogP contribution in [-0.2, 0) is 0 Å². The van der Waals surface area contributed by atoms with Crippen LogP contribution in [0.25, 0.3) is 0 Å². The number of hydrogen-bond acceptors (Lipinski definition) is 5. The second kappa shape index (κ2) is 7.11. The van der Waals surface area contributed by atoms with Gasteiger partial charge in [0, 0.05) is 18.4 Å². The third-order valence-electron chi connectivity index (χ3n) is 2.65. The Morgan fingerprint density at radius 3 is 2.32 bits per heavy atom. The lowest BCUT2D eigenvalue weighted by Gasteiger charge is -2.23. The number of amides is 2. The van der Waals surface area contributed by atoms with Gasteiger partial charge in [0.05, 0.1) is 10.6 Å². The van der Waals surface area contributed by atoms with Crippen molar-refractivity contribution in [1.29, 1.82) is 0 Å². The molecule has 0 unspecified atom stereocenters. The standard InChI is InChI=1S/C15H15ClN4O2/c1-10(2)19-20(15(22)13-17-8-5-9-18-13)14(21)11-6-3-4-7-12(11)16/h3-10,19H,1-2H3. The van der Waals surface area contributed by atoms with E-state index in [-0.39, 0.29) is 22.5 Å². The molecule has 1 N–H and O–H groups in total. The Hall–Kier alpha value is -2.31. The molecule has 0 bridgehead atoms. The number of nitrogens with one attached hydrogen (secondary N) is 1. The minimum Gasteiger partial charge on any atom is -0.267 e. The fourth-order valence-electron chi connectivity index (χ4n) is 1.73. The summed E-state index contributed by atoms with van der Waals surface area (Å²) < 4.78 is 0. The zero-order valence-electron chi connectivity index (χ0n) is 12.2. The Morgan fingerprint density at radius 1 is 1.09 bits per heavy atom. The van der Waals surface area contributed by atoms with Crippen molar-refractivity contribution in [1.82, 2.24) is 20.4 Å². The lowest BCUT2D eigenvalue weighted by Crippen LogP contribution is -2.50. The Morgan fingerprint density at radius 2 is 1.73 bits per heavy atom. The van der Waals surface area contributed by atoms with Gasteiger partial charge in [-0.3, -0.25) is 9.59 Å². The molecule has 0 fully saturated rings. The zero-order valence-corrected chi connectivity index (χ0v) is 12.9. The zero-order chi connectivity index (χ0) is 16.1. The first-order valence-electron chi connectivity index (χ1n) is 6.67. The van der Waals surface area contributed by atoms with E-state index in [1.165, 1.54) is 12.4 Å².